The molecule has 1 aliphatic rings. The van der Waals surface area contributed by atoms with Crippen LogP contribution in [0, 0.1) is 0 Å². The molecule has 0 amide bonds. The van der Waals surface area contributed by atoms with E-state index in [9.17, 15) is 4.79 Å². The summed E-state index contributed by atoms with van der Waals surface area (Å²) >= 11 is 5.91. The van der Waals surface area contributed by atoms with Gasteiger partial charge < -0.3 is 4.42 Å². The number of hydrogen-bond donors (Lipinski definition) is 0. The summed E-state index contributed by atoms with van der Waals surface area (Å²) < 4.78 is 5.67. The minimum absolute atomic E-state index is 0.371. The number of benzene rings is 1. The molecular formula is C13H10ClNO2. The number of aldehydes is 1. The zero-order chi connectivity index (χ0) is 11.8. The van der Waals surface area contributed by atoms with E-state index in [0.29, 0.717) is 22.5 Å². The zero-order valence-corrected chi connectivity index (χ0v) is 9.78. The van der Waals surface area contributed by atoms with Crippen LogP contribution in [0.1, 0.15) is 35.0 Å². The average Bonchev–Trinajstić information content (AvgIpc) is 3.08. The van der Waals surface area contributed by atoms with E-state index in [1.165, 1.54) is 0 Å². The minimum atomic E-state index is 0.371. The molecule has 0 unspecified atom stereocenters. The van der Waals surface area contributed by atoms with Crippen LogP contribution in [0.3, 0.4) is 0 Å². The van der Waals surface area contributed by atoms with Gasteiger partial charge in [0.2, 0.25) is 5.89 Å². The number of carbonyl (C=O) groups excluding carboxylic acids is 1. The summed E-state index contributed by atoms with van der Waals surface area (Å²) in [6, 6.07) is 7.26. The van der Waals surface area contributed by atoms with Gasteiger partial charge in [-0.05, 0) is 31.0 Å². The second-order valence-electron chi connectivity index (χ2n) is 4.17. The van der Waals surface area contributed by atoms with Gasteiger partial charge in [-0.15, -0.1) is 0 Å². The van der Waals surface area contributed by atoms with Gasteiger partial charge in [0.25, 0.3) is 0 Å². The standard InChI is InChI=1S/C13H10ClNO2/c14-10-3-1-2-9(6-10)13-15-11(7-16)12(17-13)8-4-5-8/h1-3,6-8H,4-5H2. The van der Waals surface area contributed by atoms with Gasteiger partial charge in [0.05, 0.1) is 0 Å². The van der Waals surface area contributed by atoms with Crippen molar-refractivity contribution in [1.29, 1.82) is 0 Å². The van der Waals surface area contributed by atoms with Gasteiger partial charge in [0, 0.05) is 16.5 Å². The van der Waals surface area contributed by atoms with Crippen LogP contribution < -0.4 is 0 Å². The van der Waals surface area contributed by atoms with Crippen molar-refractivity contribution >= 4 is 17.9 Å². The van der Waals surface area contributed by atoms with E-state index in [-0.39, 0.29) is 0 Å². The van der Waals surface area contributed by atoms with Crippen LogP contribution in [0.5, 0.6) is 0 Å². The van der Waals surface area contributed by atoms with Gasteiger partial charge >= 0.3 is 0 Å². The molecule has 0 N–H and O–H groups in total. The second-order valence-corrected chi connectivity index (χ2v) is 4.61. The quantitative estimate of drug-likeness (QED) is 0.777. The first-order valence-corrected chi connectivity index (χ1v) is 5.87. The Labute approximate surface area is 103 Å². The Morgan fingerprint density at radius 1 is 1.41 bits per heavy atom. The van der Waals surface area contributed by atoms with E-state index in [1.807, 2.05) is 12.1 Å². The molecular weight excluding hydrogens is 238 g/mol. The fraction of sp³-hybridized carbons (Fsp3) is 0.231. The molecule has 1 aliphatic carbocycles. The highest BCUT2D eigenvalue weighted by molar-refractivity contribution is 6.30. The normalized spacial score (nSPS) is 14.9. The smallest absolute Gasteiger partial charge is 0.227 e. The van der Waals surface area contributed by atoms with Crippen molar-refractivity contribution in [2.45, 2.75) is 18.8 Å². The molecule has 1 heterocycles. The third-order valence-corrected chi connectivity index (χ3v) is 3.05. The Morgan fingerprint density at radius 3 is 2.88 bits per heavy atom. The number of carbonyl (C=O) groups is 1. The van der Waals surface area contributed by atoms with Crippen molar-refractivity contribution in [3.8, 4) is 11.5 Å². The van der Waals surface area contributed by atoms with E-state index in [1.54, 1.807) is 12.1 Å². The van der Waals surface area contributed by atoms with E-state index in [2.05, 4.69) is 4.98 Å². The van der Waals surface area contributed by atoms with Gasteiger partial charge in [-0.3, -0.25) is 4.79 Å². The van der Waals surface area contributed by atoms with Crippen LogP contribution in [0.2, 0.25) is 5.02 Å². The topological polar surface area (TPSA) is 43.1 Å². The molecule has 1 aromatic heterocycles. The summed E-state index contributed by atoms with van der Waals surface area (Å²) in [5.41, 5.74) is 1.22. The van der Waals surface area contributed by atoms with Crippen LogP contribution in [-0.4, -0.2) is 11.3 Å². The summed E-state index contributed by atoms with van der Waals surface area (Å²) in [5.74, 6) is 1.56. The average molecular weight is 248 g/mol. The highest BCUT2D eigenvalue weighted by atomic mass is 35.5. The molecule has 1 saturated carbocycles. The van der Waals surface area contributed by atoms with E-state index >= 15 is 0 Å². The lowest BCUT2D eigenvalue weighted by Gasteiger charge is -1.95. The SMILES string of the molecule is O=Cc1nc(-c2cccc(Cl)c2)oc1C1CC1. The van der Waals surface area contributed by atoms with Crippen molar-refractivity contribution in [3.05, 3.63) is 40.7 Å². The van der Waals surface area contributed by atoms with Gasteiger partial charge in [0.15, 0.2) is 6.29 Å². The van der Waals surface area contributed by atoms with Crippen LogP contribution in [0.15, 0.2) is 28.7 Å². The molecule has 0 spiro atoms. The second kappa shape index (κ2) is 4.00. The maximum atomic E-state index is 10.9. The molecule has 0 radical (unpaired) electrons. The van der Waals surface area contributed by atoms with Crippen LogP contribution in [0.25, 0.3) is 11.5 Å². The van der Waals surface area contributed by atoms with Crippen LogP contribution in [0.4, 0.5) is 0 Å². The lowest BCUT2D eigenvalue weighted by Crippen LogP contribution is -1.85. The Kier molecular flexibility index (Phi) is 2.48. The monoisotopic (exact) mass is 247 g/mol. The number of nitrogens with zero attached hydrogens (tertiary/aromatic N) is 1. The number of hydrogen-bond acceptors (Lipinski definition) is 3. The molecule has 0 atom stereocenters. The van der Waals surface area contributed by atoms with Crippen molar-refractivity contribution in [2.24, 2.45) is 0 Å². The molecule has 17 heavy (non-hydrogen) atoms. The van der Waals surface area contributed by atoms with Gasteiger partial charge in [-0.1, -0.05) is 17.7 Å². The predicted octanol–water partition coefficient (Wildman–Crippen LogP) is 3.68. The fourth-order valence-electron chi connectivity index (χ4n) is 1.81. The first-order chi connectivity index (χ1) is 8.28. The first-order valence-electron chi connectivity index (χ1n) is 5.50. The Hall–Kier alpha value is -1.61. The highest BCUT2D eigenvalue weighted by Crippen LogP contribution is 2.42. The molecule has 0 aliphatic heterocycles. The van der Waals surface area contributed by atoms with E-state index < -0.39 is 0 Å². The molecule has 1 fully saturated rings. The number of aromatic nitrogens is 1. The van der Waals surface area contributed by atoms with E-state index in [0.717, 1.165) is 30.5 Å². The summed E-state index contributed by atoms with van der Waals surface area (Å²) in [4.78, 5) is 15.1. The molecule has 86 valence electrons. The van der Waals surface area contributed by atoms with Crippen LogP contribution in [-0.2, 0) is 0 Å². The molecule has 3 rings (SSSR count). The third kappa shape index (κ3) is 1.98. The summed E-state index contributed by atoms with van der Waals surface area (Å²) in [6.45, 7) is 0. The van der Waals surface area contributed by atoms with Crippen molar-refractivity contribution in [2.75, 3.05) is 0 Å². The van der Waals surface area contributed by atoms with E-state index in [4.69, 9.17) is 16.0 Å². The maximum absolute atomic E-state index is 10.9. The molecule has 3 nitrogen and oxygen atoms in total. The fourth-order valence-corrected chi connectivity index (χ4v) is 2.00. The van der Waals surface area contributed by atoms with Crippen molar-refractivity contribution in [1.82, 2.24) is 4.98 Å². The molecule has 4 heteroatoms. The summed E-state index contributed by atoms with van der Waals surface area (Å²) in [7, 11) is 0. The van der Waals surface area contributed by atoms with Gasteiger partial charge in [-0.25, -0.2) is 4.98 Å². The highest BCUT2D eigenvalue weighted by Gasteiger charge is 2.31. The number of rotatable bonds is 3. The summed E-state index contributed by atoms with van der Waals surface area (Å²) in [6.07, 6.45) is 2.90. The number of oxazole rings is 1. The Balaban J connectivity index is 2.06. The predicted molar refractivity (Wildman–Crippen MR) is 64.3 cm³/mol. The molecule has 0 bridgehead atoms. The third-order valence-electron chi connectivity index (χ3n) is 2.81. The van der Waals surface area contributed by atoms with Crippen molar-refractivity contribution in [3.63, 3.8) is 0 Å². The lowest BCUT2D eigenvalue weighted by molar-refractivity contribution is 0.111. The van der Waals surface area contributed by atoms with Crippen LogP contribution >= 0.6 is 11.6 Å². The van der Waals surface area contributed by atoms with Gasteiger partial charge in [-0.2, -0.15) is 0 Å². The maximum Gasteiger partial charge on any atom is 0.227 e. The van der Waals surface area contributed by atoms with Gasteiger partial charge in [0.1, 0.15) is 11.5 Å². The minimum Gasteiger partial charge on any atom is -0.440 e. The molecule has 1 aromatic carbocycles. The number of halogens is 1. The zero-order valence-electron chi connectivity index (χ0n) is 9.02. The molecule has 0 saturated heterocycles. The largest absolute Gasteiger partial charge is 0.440 e. The van der Waals surface area contributed by atoms with Crippen molar-refractivity contribution < 1.29 is 9.21 Å². The lowest BCUT2D eigenvalue weighted by atomic mass is 10.2. The molecule has 2 aromatic rings. The summed E-state index contributed by atoms with van der Waals surface area (Å²) in [5, 5.41) is 0.626. The Bertz CT molecular complexity index is 573. The first kappa shape index (κ1) is 10.5. The Morgan fingerprint density at radius 2 is 2.24 bits per heavy atom.